The van der Waals surface area contributed by atoms with Crippen molar-refractivity contribution < 1.29 is 0 Å². The van der Waals surface area contributed by atoms with Crippen LogP contribution in [0.2, 0.25) is 0 Å². The lowest BCUT2D eigenvalue weighted by Crippen LogP contribution is -2.02. The third-order valence-corrected chi connectivity index (χ3v) is 11.5. The van der Waals surface area contributed by atoms with Gasteiger partial charge in [0.05, 0.1) is 0 Å². The van der Waals surface area contributed by atoms with E-state index in [1.807, 2.05) is 6.07 Å². The molecule has 0 N–H and O–H groups in total. The molecule has 0 bridgehead atoms. The van der Waals surface area contributed by atoms with Crippen molar-refractivity contribution in [3.05, 3.63) is 224 Å². The van der Waals surface area contributed by atoms with E-state index in [0.717, 1.165) is 49.7 Å². The standard InChI is InChI=1S/C57H37N3/c1-3-15-38(16-4-1)48-24-9-12-27-53(48)56-58-55(59-57(60-56)54-34-33-50(39-17-5-2-6-18-39)51-25-10-11-26-52(51)54)46-22-13-21-41(37-46)42-29-30-44-36-45(32-31-43(44)35-42)49-28-14-20-40-19-7-8-23-47(40)49/h1-37H. The molecule has 1 aromatic heterocycles. The number of aromatic nitrogens is 3. The molecule has 0 aliphatic carbocycles. The van der Waals surface area contributed by atoms with Gasteiger partial charge in [0.2, 0.25) is 0 Å². The van der Waals surface area contributed by atoms with E-state index in [9.17, 15) is 0 Å². The fourth-order valence-corrected chi connectivity index (χ4v) is 8.56. The minimum atomic E-state index is 0.622. The zero-order chi connectivity index (χ0) is 39.8. The minimum Gasteiger partial charge on any atom is -0.208 e. The van der Waals surface area contributed by atoms with E-state index in [1.54, 1.807) is 0 Å². The van der Waals surface area contributed by atoms with Gasteiger partial charge < -0.3 is 0 Å². The monoisotopic (exact) mass is 763 g/mol. The van der Waals surface area contributed by atoms with Crippen LogP contribution in [-0.4, -0.2) is 15.0 Å². The number of hydrogen-bond donors (Lipinski definition) is 0. The Kier molecular flexibility index (Phi) is 8.83. The molecule has 0 unspecified atom stereocenters. The highest BCUT2D eigenvalue weighted by molar-refractivity contribution is 6.04. The number of benzene rings is 10. The van der Waals surface area contributed by atoms with E-state index < -0.39 is 0 Å². The molecule has 11 aromatic rings. The second-order valence-corrected chi connectivity index (χ2v) is 15.2. The summed E-state index contributed by atoms with van der Waals surface area (Å²) in [6.07, 6.45) is 0. The minimum absolute atomic E-state index is 0.622. The summed E-state index contributed by atoms with van der Waals surface area (Å²) in [5, 5.41) is 7.14. The highest BCUT2D eigenvalue weighted by atomic mass is 15.0. The summed E-state index contributed by atoms with van der Waals surface area (Å²) in [7, 11) is 0. The molecule has 0 amide bonds. The highest BCUT2D eigenvalue weighted by Crippen LogP contribution is 2.38. The summed E-state index contributed by atoms with van der Waals surface area (Å²) in [6.45, 7) is 0. The Morgan fingerprint density at radius 3 is 1.42 bits per heavy atom. The molecule has 11 rings (SSSR count). The van der Waals surface area contributed by atoms with Crippen molar-refractivity contribution in [2.24, 2.45) is 0 Å². The Balaban J connectivity index is 1.04. The van der Waals surface area contributed by atoms with Crippen molar-refractivity contribution in [1.29, 1.82) is 0 Å². The van der Waals surface area contributed by atoms with Crippen LogP contribution < -0.4 is 0 Å². The summed E-state index contributed by atoms with van der Waals surface area (Å²) in [5.41, 5.74) is 12.0. The van der Waals surface area contributed by atoms with Gasteiger partial charge in [-0.2, -0.15) is 0 Å². The van der Waals surface area contributed by atoms with Gasteiger partial charge >= 0.3 is 0 Å². The molecule has 0 spiro atoms. The second kappa shape index (κ2) is 15.1. The Hall–Kier alpha value is -8.01. The van der Waals surface area contributed by atoms with Crippen molar-refractivity contribution in [1.82, 2.24) is 15.0 Å². The molecule has 1 heterocycles. The molecule has 10 aromatic carbocycles. The van der Waals surface area contributed by atoms with Crippen LogP contribution in [0.3, 0.4) is 0 Å². The van der Waals surface area contributed by atoms with Crippen LogP contribution in [0.15, 0.2) is 224 Å². The fourth-order valence-electron chi connectivity index (χ4n) is 8.56. The topological polar surface area (TPSA) is 38.7 Å². The number of fused-ring (bicyclic) bond motifs is 3. The molecule has 3 heteroatoms. The molecular weight excluding hydrogens is 727 g/mol. The van der Waals surface area contributed by atoms with Crippen LogP contribution in [0.25, 0.3) is 111 Å². The first-order valence-corrected chi connectivity index (χ1v) is 20.3. The normalized spacial score (nSPS) is 11.3. The van der Waals surface area contributed by atoms with Gasteiger partial charge in [-0.05, 0) is 101 Å². The van der Waals surface area contributed by atoms with Crippen LogP contribution in [0.1, 0.15) is 0 Å². The lowest BCUT2D eigenvalue weighted by molar-refractivity contribution is 1.08. The quantitative estimate of drug-likeness (QED) is 0.162. The van der Waals surface area contributed by atoms with Crippen LogP contribution in [-0.2, 0) is 0 Å². The number of nitrogens with zero attached hydrogens (tertiary/aromatic N) is 3. The van der Waals surface area contributed by atoms with Crippen molar-refractivity contribution in [2.45, 2.75) is 0 Å². The Labute approximate surface area is 349 Å². The summed E-state index contributed by atoms with van der Waals surface area (Å²) in [4.78, 5) is 15.8. The third kappa shape index (κ3) is 6.49. The predicted octanol–water partition coefficient (Wildman–Crippen LogP) is 15.0. The molecular formula is C57H37N3. The number of rotatable bonds is 7. The van der Waals surface area contributed by atoms with E-state index in [2.05, 4.69) is 218 Å². The van der Waals surface area contributed by atoms with Crippen LogP contribution in [0.5, 0.6) is 0 Å². The van der Waals surface area contributed by atoms with Crippen molar-refractivity contribution >= 4 is 32.3 Å². The molecule has 0 saturated carbocycles. The molecule has 0 fully saturated rings. The summed E-state index contributed by atoms with van der Waals surface area (Å²) in [5.74, 6) is 1.88. The van der Waals surface area contributed by atoms with Gasteiger partial charge in [-0.1, -0.05) is 200 Å². The van der Waals surface area contributed by atoms with Gasteiger partial charge in [-0.3, -0.25) is 0 Å². The Bertz CT molecular complexity index is 3370. The lowest BCUT2D eigenvalue weighted by Gasteiger charge is -2.15. The van der Waals surface area contributed by atoms with Crippen LogP contribution >= 0.6 is 0 Å². The summed E-state index contributed by atoms with van der Waals surface area (Å²) in [6, 6.07) is 79.5. The second-order valence-electron chi connectivity index (χ2n) is 15.2. The molecule has 0 radical (unpaired) electrons. The lowest BCUT2D eigenvalue weighted by atomic mass is 9.94. The molecule has 60 heavy (non-hydrogen) atoms. The summed E-state index contributed by atoms with van der Waals surface area (Å²) >= 11 is 0. The summed E-state index contributed by atoms with van der Waals surface area (Å²) < 4.78 is 0. The smallest absolute Gasteiger partial charge is 0.164 e. The first kappa shape index (κ1) is 35.2. The van der Waals surface area contributed by atoms with E-state index in [4.69, 9.17) is 15.0 Å². The predicted molar refractivity (Wildman–Crippen MR) is 250 cm³/mol. The van der Waals surface area contributed by atoms with Gasteiger partial charge in [0.15, 0.2) is 17.5 Å². The van der Waals surface area contributed by atoms with Gasteiger partial charge in [-0.25, -0.2) is 15.0 Å². The first-order valence-electron chi connectivity index (χ1n) is 20.3. The van der Waals surface area contributed by atoms with Crippen molar-refractivity contribution in [3.63, 3.8) is 0 Å². The van der Waals surface area contributed by atoms with Gasteiger partial charge in [0, 0.05) is 16.7 Å². The van der Waals surface area contributed by atoms with E-state index in [1.165, 1.54) is 43.8 Å². The first-order chi connectivity index (χ1) is 29.7. The van der Waals surface area contributed by atoms with Crippen LogP contribution in [0, 0.1) is 0 Å². The maximum Gasteiger partial charge on any atom is 0.164 e. The van der Waals surface area contributed by atoms with E-state index in [-0.39, 0.29) is 0 Å². The van der Waals surface area contributed by atoms with Gasteiger partial charge in [0.25, 0.3) is 0 Å². The molecule has 0 aliphatic rings. The average Bonchev–Trinajstić information content (AvgIpc) is 3.33. The molecule has 0 aliphatic heterocycles. The maximum atomic E-state index is 5.28. The maximum absolute atomic E-state index is 5.28. The van der Waals surface area contributed by atoms with Gasteiger partial charge in [0.1, 0.15) is 0 Å². The third-order valence-electron chi connectivity index (χ3n) is 11.5. The van der Waals surface area contributed by atoms with Crippen molar-refractivity contribution in [2.75, 3.05) is 0 Å². The largest absolute Gasteiger partial charge is 0.208 e. The molecule has 0 atom stereocenters. The molecule has 3 nitrogen and oxygen atoms in total. The van der Waals surface area contributed by atoms with Gasteiger partial charge in [-0.15, -0.1) is 0 Å². The molecule has 0 saturated heterocycles. The fraction of sp³-hybridized carbons (Fsp3) is 0. The van der Waals surface area contributed by atoms with Crippen molar-refractivity contribution in [3.8, 4) is 78.7 Å². The Morgan fingerprint density at radius 1 is 0.200 bits per heavy atom. The zero-order valence-electron chi connectivity index (χ0n) is 32.7. The SMILES string of the molecule is c1ccc(-c2ccccc2-c2nc(-c3cccc(-c4ccc5cc(-c6cccc7ccccc67)ccc5c4)c3)nc(-c3ccc(-c4ccccc4)c4ccccc34)n2)cc1. The average molecular weight is 764 g/mol. The number of hydrogen-bond acceptors (Lipinski definition) is 3. The van der Waals surface area contributed by atoms with Crippen LogP contribution in [0.4, 0.5) is 0 Å². The van der Waals surface area contributed by atoms with E-state index >= 15 is 0 Å². The molecule has 280 valence electrons. The Morgan fingerprint density at radius 2 is 0.650 bits per heavy atom. The zero-order valence-corrected chi connectivity index (χ0v) is 32.7. The van der Waals surface area contributed by atoms with E-state index in [0.29, 0.717) is 17.5 Å². The highest BCUT2D eigenvalue weighted by Gasteiger charge is 2.18.